The predicted molar refractivity (Wildman–Crippen MR) is 209 cm³/mol. The number of hydrogen-bond acceptors (Lipinski definition) is 7. The lowest BCUT2D eigenvalue weighted by Crippen LogP contribution is -2.20. The van der Waals surface area contributed by atoms with Crippen LogP contribution < -0.4 is 0 Å². The van der Waals surface area contributed by atoms with Gasteiger partial charge in [-0.2, -0.15) is 0 Å². The van der Waals surface area contributed by atoms with Crippen LogP contribution in [0.4, 0.5) is 0 Å². The molecule has 0 heterocycles. The molecule has 0 aromatic carbocycles. The summed E-state index contributed by atoms with van der Waals surface area (Å²) in [6.45, 7) is 6.11. The van der Waals surface area contributed by atoms with Crippen molar-refractivity contribution in [3.05, 3.63) is 24.3 Å². The Balaban J connectivity index is 4.07. The van der Waals surface area contributed by atoms with Gasteiger partial charge >= 0.3 is 17.9 Å². The van der Waals surface area contributed by atoms with E-state index in [4.69, 9.17) is 14.2 Å². The quantitative estimate of drug-likeness (QED) is 0.0275. The molecule has 0 spiro atoms. The molecule has 0 fully saturated rings. The molecule has 50 heavy (non-hydrogen) atoms. The zero-order valence-corrected chi connectivity index (χ0v) is 33.2. The predicted octanol–water partition coefficient (Wildman–Crippen LogP) is 11.6. The van der Waals surface area contributed by atoms with E-state index in [1.807, 2.05) is 26.2 Å². The summed E-state index contributed by atoms with van der Waals surface area (Å²) >= 11 is 0. The molecule has 0 unspecified atom stereocenters. The van der Waals surface area contributed by atoms with Gasteiger partial charge in [-0.3, -0.25) is 14.4 Å². The molecule has 7 heteroatoms. The zero-order chi connectivity index (χ0) is 36.8. The molecular formula is C43H79NO6. The maximum absolute atomic E-state index is 12.5. The third kappa shape index (κ3) is 37.1. The van der Waals surface area contributed by atoms with E-state index in [9.17, 15) is 14.4 Å². The Morgan fingerprint density at radius 3 is 1.32 bits per heavy atom. The summed E-state index contributed by atoms with van der Waals surface area (Å²) in [7, 11) is 4.05. The number of unbranched alkanes of at least 4 members (excludes halogenated alkanes) is 18. The molecule has 0 saturated carbocycles. The summed E-state index contributed by atoms with van der Waals surface area (Å²) in [6, 6.07) is 0. The van der Waals surface area contributed by atoms with Crippen molar-refractivity contribution in [1.82, 2.24) is 4.90 Å². The van der Waals surface area contributed by atoms with Crippen LogP contribution in [0.5, 0.6) is 0 Å². The standard InChI is InChI=1S/C43H79NO6/c1-5-7-9-11-17-23-29-38-48-41(45)34-27-21-15-13-19-25-32-40(50-43(47)36-31-37-44(3)4)33-26-20-14-16-22-28-35-42(46)49-39-30-24-18-12-10-8-6-2/h23-24,29-30,40H,5-22,25-28,31-39H2,1-4H3/b29-23+,30-24+. The SMILES string of the molecule is CCCCCC/C=C/COC(=O)CCCCCCCCC(CCCCCCCCC(=O)OC/C=C/CCCCCC)OC(=O)CCCN(C)C. The average Bonchev–Trinajstić information content (AvgIpc) is 3.09. The third-order valence-corrected chi connectivity index (χ3v) is 9.06. The summed E-state index contributed by atoms with van der Waals surface area (Å²) in [5.74, 6) is -0.258. The van der Waals surface area contributed by atoms with Crippen molar-refractivity contribution in [3.63, 3.8) is 0 Å². The molecule has 0 aliphatic rings. The van der Waals surface area contributed by atoms with Crippen molar-refractivity contribution in [3.8, 4) is 0 Å². The van der Waals surface area contributed by atoms with Crippen LogP contribution in [-0.2, 0) is 28.6 Å². The van der Waals surface area contributed by atoms with E-state index in [2.05, 4.69) is 30.9 Å². The van der Waals surface area contributed by atoms with Crippen LogP contribution in [0.25, 0.3) is 0 Å². The Bertz CT molecular complexity index is 785. The van der Waals surface area contributed by atoms with E-state index in [-0.39, 0.29) is 24.0 Å². The van der Waals surface area contributed by atoms with Gasteiger partial charge in [-0.1, -0.05) is 128 Å². The maximum atomic E-state index is 12.5. The maximum Gasteiger partial charge on any atom is 0.306 e. The molecule has 0 aromatic rings. The molecule has 0 rings (SSSR count). The first-order chi connectivity index (χ1) is 24.4. The first-order valence-corrected chi connectivity index (χ1v) is 20.8. The van der Waals surface area contributed by atoms with Crippen LogP contribution in [0.15, 0.2) is 24.3 Å². The van der Waals surface area contributed by atoms with Gasteiger partial charge in [0.2, 0.25) is 0 Å². The summed E-state index contributed by atoms with van der Waals surface area (Å²) < 4.78 is 16.6. The fourth-order valence-electron chi connectivity index (χ4n) is 5.92. The minimum absolute atomic E-state index is 0.00202. The van der Waals surface area contributed by atoms with E-state index >= 15 is 0 Å². The normalized spacial score (nSPS) is 11.7. The first-order valence-electron chi connectivity index (χ1n) is 20.8. The summed E-state index contributed by atoms with van der Waals surface area (Å²) in [5, 5.41) is 0. The molecule has 0 saturated heterocycles. The molecule has 0 amide bonds. The van der Waals surface area contributed by atoms with Crippen molar-refractivity contribution in [2.24, 2.45) is 0 Å². The van der Waals surface area contributed by atoms with Gasteiger partial charge < -0.3 is 19.1 Å². The van der Waals surface area contributed by atoms with Crippen LogP contribution >= 0.6 is 0 Å². The van der Waals surface area contributed by atoms with Crippen LogP contribution in [0.2, 0.25) is 0 Å². The van der Waals surface area contributed by atoms with E-state index in [0.29, 0.717) is 32.5 Å². The van der Waals surface area contributed by atoms with Crippen LogP contribution in [0, 0.1) is 0 Å². The number of nitrogens with zero attached hydrogens (tertiary/aromatic N) is 1. The van der Waals surface area contributed by atoms with Crippen LogP contribution in [0.1, 0.15) is 194 Å². The van der Waals surface area contributed by atoms with E-state index in [1.165, 1.54) is 51.4 Å². The summed E-state index contributed by atoms with van der Waals surface area (Å²) in [4.78, 5) is 38.6. The Kier molecular flexibility index (Phi) is 36.5. The first kappa shape index (κ1) is 47.8. The van der Waals surface area contributed by atoms with Gasteiger partial charge in [0.25, 0.3) is 0 Å². The highest BCUT2D eigenvalue weighted by Gasteiger charge is 2.14. The van der Waals surface area contributed by atoms with Crippen molar-refractivity contribution < 1.29 is 28.6 Å². The van der Waals surface area contributed by atoms with Gasteiger partial charge in [0, 0.05) is 19.3 Å². The highest BCUT2D eigenvalue weighted by molar-refractivity contribution is 5.70. The molecule has 7 nitrogen and oxygen atoms in total. The fourth-order valence-corrected chi connectivity index (χ4v) is 5.92. The Morgan fingerprint density at radius 1 is 0.480 bits per heavy atom. The number of rotatable bonds is 37. The average molecular weight is 706 g/mol. The molecule has 0 aliphatic heterocycles. The minimum Gasteiger partial charge on any atom is -0.462 e. The second-order valence-corrected chi connectivity index (χ2v) is 14.3. The fraction of sp³-hybridized carbons (Fsp3) is 0.837. The van der Waals surface area contributed by atoms with Gasteiger partial charge in [0.15, 0.2) is 0 Å². The number of hydrogen-bond donors (Lipinski definition) is 0. The van der Waals surface area contributed by atoms with Gasteiger partial charge in [-0.25, -0.2) is 0 Å². The smallest absolute Gasteiger partial charge is 0.306 e. The number of ether oxygens (including phenoxy) is 3. The van der Waals surface area contributed by atoms with Crippen LogP contribution in [-0.4, -0.2) is 62.8 Å². The molecule has 0 radical (unpaired) electrons. The van der Waals surface area contributed by atoms with Crippen molar-refractivity contribution in [2.75, 3.05) is 33.9 Å². The Morgan fingerprint density at radius 2 is 0.880 bits per heavy atom. The van der Waals surface area contributed by atoms with Gasteiger partial charge in [0.05, 0.1) is 0 Å². The van der Waals surface area contributed by atoms with Gasteiger partial charge in [-0.05, 0) is 91.3 Å². The molecule has 0 bridgehead atoms. The molecule has 0 aromatic heterocycles. The topological polar surface area (TPSA) is 82.1 Å². The second kappa shape index (κ2) is 38.1. The highest BCUT2D eigenvalue weighted by atomic mass is 16.5. The number of allylic oxidation sites excluding steroid dienone is 2. The van der Waals surface area contributed by atoms with Gasteiger partial charge in [-0.15, -0.1) is 0 Å². The number of carbonyl (C=O) groups excluding carboxylic acids is 3. The summed E-state index contributed by atoms with van der Waals surface area (Å²) in [6.07, 6.45) is 37.3. The second-order valence-electron chi connectivity index (χ2n) is 14.3. The molecular weight excluding hydrogens is 626 g/mol. The number of carbonyl (C=O) groups is 3. The minimum atomic E-state index is -0.0946. The zero-order valence-electron chi connectivity index (χ0n) is 33.2. The molecule has 0 N–H and O–H groups in total. The van der Waals surface area contributed by atoms with Crippen molar-refractivity contribution >= 4 is 17.9 Å². The van der Waals surface area contributed by atoms with Crippen LogP contribution in [0.3, 0.4) is 0 Å². The highest BCUT2D eigenvalue weighted by Crippen LogP contribution is 2.18. The van der Waals surface area contributed by atoms with Gasteiger partial charge in [0.1, 0.15) is 19.3 Å². The molecule has 0 aliphatic carbocycles. The lowest BCUT2D eigenvalue weighted by atomic mass is 10.0. The molecule has 292 valence electrons. The van der Waals surface area contributed by atoms with E-state index in [0.717, 1.165) is 116 Å². The van der Waals surface area contributed by atoms with Crippen molar-refractivity contribution in [1.29, 1.82) is 0 Å². The Hall–Kier alpha value is -2.15. The third-order valence-electron chi connectivity index (χ3n) is 9.06. The number of esters is 3. The summed E-state index contributed by atoms with van der Waals surface area (Å²) in [5.41, 5.74) is 0. The van der Waals surface area contributed by atoms with E-state index in [1.54, 1.807) is 0 Å². The largest absolute Gasteiger partial charge is 0.462 e. The lowest BCUT2D eigenvalue weighted by molar-refractivity contribution is -0.150. The monoisotopic (exact) mass is 706 g/mol. The molecule has 0 atom stereocenters. The Labute approximate surface area is 308 Å². The van der Waals surface area contributed by atoms with E-state index < -0.39 is 0 Å². The van der Waals surface area contributed by atoms with Crippen molar-refractivity contribution in [2.45, 2.75) is 200 Å². The lowest BCUT2D eigenvalue weighted by Gasteiger charge is -2.18.